The fraction of sp³-hybridized carbons (Fsp3) is 0.769. The molecule has 0 amide bonds. The van der Waals surface area contributed by atoms with E-state index in [4.69, 9.17) is 4.74 Å². The van der Waals surface area contributed by atoms with E-state index in [0.717, 1.165) is 6.42 Å². The summed E-state index contributed by atoms with van der Waals surface area (Å²) in [5.41, 5.74) is -0.0305. The Bertz CT molecular complexity index is 502. The minimum atomic E-state index is -0.651. The van der Waals surface area contributed by atoms with Gasteiger partial charge in [0.1, 0.15) is 12.4 Å². The van der Waals surface area contributed by atoms with Gasteiger partial charge in [0, 0.05) is 25.1 Å². The van der Waals surface area contributed by atoms with Crippen LogP contribution in [0, 0.1) is 15.5 Å². The first-order valence-electron chi connectivity index (χ1n) is 6.95. The second kappa shape index (κ2) is 6.08. The highest BCUT2D eigenvalue weighted by Gasteiger charge is 2.48. The number of rotatable bonds is 7. The molecule has 0 radical (unpaired) electrons. The fourth-order valence-corrected chi connectivity index (χ4v) is 2.74. The summed E-state index contributed by atoms with van der Waals surface area (Å²) in [6, 6.07) is 0.295. The smallest absolute Gasteiger partial charge is 0.306 e. The molecule has 1 aliphatic carbocycles. The van der Waals surface area contributed by atoms with Gasteiger partial charge in [-0.1, -0.05) is 13.8 Å². The van der Waals surface area contributed by atoms with Crippen LogP contribution < -0.4 is 5.32 Å². The summed E-state index contributed by atoms with van der Waals surface area (Å²) in [6.45, 7) is 4.90. The molecule has 2 rings (SSSR count). The molecule has 0 aromatic carbocycles. The Kier molecular flexibility index (Phi) is 4.60. The lowest BCUT2D eigenvalue weighted by atomic mass is 9.64. The Labute approximate surface area is 123 Å². The Morgan fingerprint density at radius 2 is 2.43 bits per heavy atom. The van der Waals surface area contributed by atoms with Crippen molar-refractivity contribution in [1.82, 2.24) is 15.1 Å². The van der Waals surface area contributed by atoms with Gasteiger partial charge in [0.2, 0.25) is 0 Å². The molecule has 0 aliphatic heterocycles. The van der Waals surface area contributed by atoms with Crippen LogP contribution in [0.5, 0.6) is 0 Å². The number of aromatic nitrogens is 2. The highest BCUT2D eigenvalue weighted by Crippen LogP contribution is 2.42. The molecule has 1 aromatic heterocycles. The van der Waals surface area contributed by atoms with Gasteiger partial charge in [0.05, 0.1) is 23.7 Å². The van der Waals surface area contributed by atoms with Gasteiger partial charge in [-0.25, -0.2) is 0 Å². The number of methoxy groups -OCH3 is 1. The van der Waals surface area contributed by atoms with Crippen LogP contribution in [-0.4, -0.2) is 51.7 Å². The molecule has 1 heterocycles. The van der Waals surface area contributed by atoms with E-state index in [1.807, 2.05) is 0 Å². The molecule has 0 spiro atoms. The van der Waals surface area contributed by atoms with Gasteiger partial charge in [0.25, 0.3) is 0 Å². The zero-order chi connectivity index (χ0) is 15.6. The Morgan fingerprint density at radius 3 is 2.95 bits per heavy atom. The molecular weight excluding hydrogens is 276 g/mol. The first kappa shape index (κ1) is 15.9. The number of aliphatic hydroxyl groups excluding tert-OH is 1. The quantitative estimate of drug-likeness (QED) is 0.563. The zero-order valence-corrected chi connectivity index (χ0v) is 12.5. The second-order valence-corrected chi connectivity index (χ2v) is 6.07. The molecule has 2 N–H and O–H groups in total. The topological polar surface area (TPSA) is 102 Å². The molecule has 1 aliphatic rings. The summed E-state index contributed by atoms with van der Waals surface area (Å²) in [7, 11) is 1.71. The summed E-state index contributed by atoms with van der Waals surface area (Å²) in [5.74, 6) is 0. The highest BCUT2D eigenvalue weighted by molar-refractivity contribution is 5.20. The van der Waals surface area contributed by atoms with Crippen molar-refractivity contribution < 1.29 is 14.8 Å². The van der Waals surface area contributed by atoms with Gasteiger partial charge in [-0.15, -0.1) is 0 Å². The standard InChI is InChI=1S/C13H22N4O4/c1-13(2)11(4-12(13)21-3)14-6-10(18)8-16-7-9(5-15-16)17(19)20/h5,7,10-12,14,18H,4,6,8H2,1-3H3. The number of hydrogen-bond donors (Lipinski definition) is 2. The number of hydrogen-bond acceptors (Lipinski definition) is 6. The van der Waals surface area contributed by atoms with Crippen molar-refractivity contribution >= 4 is 5.69 Å². The Hall–Kier alpha value is -1.51. The van der Waals surface area contributed by atoms with Crippen molar-refractivity contribution in [1.29, 1.82) is 0 Å². The predicted octanol–water partition coefficient (Wildman–Crippen LogP) is 0.555. The highest BCUT2D eigenvalue weighted by atomic mass is 16.6. The SMILES string of the molecule is COC1CC(NCC(O)Cn2cc([N+](=O)[O-])cn2)C1(C)C. The minimum absolute atomic E-state index is 0.0406. The predicted molar refractivity (Wildman–Crippen MR) is 75.9 cm³/mol. The minimum Gasteiger partial charge on any atom is -0.390 e. The molecule has 1 aromatic rings. The number of aliphatic hydroxyl groups is 1. The van der Waals surface area contributed by atoms with Crippen LogP contribution in [0.15, 0.2) is 12.4 Å². The average molecular weight is 298 g/mol. The van der Waals surface area contributed by atoms with Crippen molar-refractivity contribution in [3.8, 4) is 0 Å². The van der Waals surface area contributed by atoms with Gasteiger partial charge < -0.3 is 15.2 Å². The zero-order valence-electron chi connectivity index (χ0n) is 12.5. The van der Waals surface area contributed by atoms with Crippen molar-refractivity contribution in [3.05, 3.63) is 22.5 Å². The Morgan fingerprint density at radius 1 is 1.71 bits per heavy atom. The summed E-state index contributed by atoms with van der Waals surface area (Å²) >= 11 is 0. The molecule has 118 valence electrons. The average Bonchev–Trinajstić information content (AvgIpc) is 2.86. The number of ether oxygens (including phenoxy) is 1. The maximum Gasteiger partial charge on any atom is 0.306 e. The molecule has 3 unspecified atom stereocenters. The van der Waals surface area contributed by atoms with Crippen molar-refractivity contribution in [2.75, 3.05) is 13.7 Å². The van der Waals surface area contributed by atoms with Gasteiger partial charge in [-0.2, -0.15) is 5.10 Å². The van der Waals surface area contributed by atoms with E-state index < -0.39 is 11.0 Å². The summed E-state index contributed by atoms with van der Waals surface area (Å²) in [6.07, 6.45) is 3.00. The second-order valence-electron chi connectivity index (χ2n) is 6.07. The van der Waals surface area contributed by atoms with Crippen LogP contribution in [0.4, 0.5) is 5.69 Å². The van der Waals surface area contributed by atoms with Crippen LogP contribution in [0.2, 0.25) is 0 Å². The molecule has 3 atom stereocenters. The normalized spacial score (nSPS) is 25.3. The molecule has 1 fully saturated rings. The summed E-state index contributed by atoms with van der Waals surface area (Å²) in [4.78, 5) is 10.1. The molecular formula is C13H22N4O4. The maximum absolute atomic E-state index is 10.6. The van der Waals surface area contributed by atoms with E-state index in [1.165, 1.54) is 17.1 Å². The third-order valence-corrected chi connectivity index (χ3v) is 4.29. The number of nitro groups is 1. The molecule has 8 heteroatoms. The van der Waals surface area contributed by atoms with E-state index in [9.17, 15) is 15.2 Å². The van der Waals surface area contributed by atoms with E-state index in [0.29, 0.717) is 12.6 Å². The molecule has 8 nitrogen and oxygen atoms in total. The third-order valence-electron chi connectivity index (χ3n) is 4.29. The lowest BCUT2D eigenvalue weighted by Gasteiger charge is -2.51. The molecule has 1 saturated carbocycles. The van der Waals surface area contributed by atoms with Gasteiger partial charge in [-0.05, 0) is 6.42 Å². The van der Waals surface area contributed by atoms with Gasteiger partial charge in [0.15, 0.2) is 0 Å². The number of nitrogens with one attached hydrogen (secondary N) is 1. The molecule has 0 saturated heterocycles. The first-order chi connectivity index (χ1) is 9.84. The largest absolute Gasteiger partial charge is 0.390 e. The van der Waals surface area contributed by atoms with Crippen LogP contribution in [0.25, 0.3) is 0 Å². The molecule has 21 heavy (non-hydrogen) atoms. The summed E-state index contributed by atoms with van der Waals surface area (Å²) < 4.78 is 6.76. The van der Waals surface area contributed by atoms with E-state index in [2.05, 4.69) is 24.3 Å². The number of nitrogens with zero attached hydrogens (tertiary/aromatic N) is 3. The summed E-state index contributed by atoms with van der Waals surface area (Å²) in [5, 5.41) is 27.7. The fourth-order valence-electron chi connectivity index (χ4n) is 2.74. The van der Waals surface area contributed by atoms with E-state index in [-0.39, 0.29) is 23.8 Å². The van der Waals surface area contributed by atoms with Crippen LogP contribution in [0.3, 0.4) is 0 Å². The van der Waals surface area contributed by atoms with Crippen molar-refractivity contribution in [2.24, 2.45) is 5.41 Å². The van der Waals surface area contributed by atoms with E-state index >= 15 is 0 Å². The van der Waals surface area contributed by atoms with Crippen LogP contribution in [0.1, 0.15) is 20.3 Å². The van der Waals surface area contributed by atoms with Crippen molar-refractivity contribution in [3.63, 3.8) is 0 Å². The van der Waals surface area contributed by atoms with Gasteiger partial charge >= 0.3 is 5.69 Å². The van der Waals surface area contributed by atoms with Crippen LogP contribution in [-0.2, 0) is 11.3 Å². The van der Waals surface area contributed by atoms with Crippen LogP contribution >= 0.6 is 0 Å². The monoisotopic (exact) mass is 298 g/mol. The van der Waals surface area contributed by atoms with E-state index in [1.54, 1.807) is 7.11 Å². The third kappa shape index (κ3) is 3.39. The Balaban J connectivity index is 1.77. The molecule has 0 bridgehead atoms. The van der Waals surface area contributed by atoms with Crippen molar-refractivity contribution in [2.45, 2.75) is 45.1 Å². The van der Waals surface area contributed by atoms with Gasteiger partial charge in [-0.3, -0.25) is 14.8 Å². The first-order valence-corrected chi connectivity index (χ1v) is 6.95. The maximum atomic E-state index is 10.6. The lowest BCUT2D eigenvalue weighted by molar-refractivity contribution is -0.385. The lowest BCUT2D eigenvalue weighted by Crippen LogP contribution is -2.61.